The number of nitrogens with zero attached hydrogens (tertiary/aromatic N) is 4. The standard InChI is InChI=1S/C27H32N6O5/c34-15-20-22(35)23(36)26(38-20)33-17-30-21-24(28-12-11-18-7-3-1-4-8-18)31-27(32-25(21)33)29-13-14-37-16-19-9-5-2-6-10-19/h1-10,17,20,22-23,26,34-36H,11-16H2,(H2,28,29,31,32)/t20-,22-,23-,26-/m1/s1. The summed E-state index contributed by atoms with van der Waals surface area (Å²) in [5.41, 5.74) is 3.21. The van der Waals surface area contributed by atoms with Crippen LogP contribution in [-0.2, 0) is 22.5 Å². The first-order valence-corrected chi connectivity index (χ1v) is 12.6. The van der Waals surface area contributed by atoms with E-state index in [4.69, 9.17) is 9.47 Å². The Hall–Kier alpha value is -3.61. The molecule has 4 atom stereocenters. The lowest BCUT2D eigenvalue weighted by molar-refractivity contribution is -0.0511. The van der Waals surface area contributed by atoms with Crippen molar-refractivity contribution in [2.24, 2.45) is 0 Å². The van der Waals surface area contributed by atoms with Crippen molar-refractivity contribution in [2.45, 2.75) is 37.6 Å². The van der Waals surface area contributed by atoms with Crippen molar-refractivity contribution in [1.82, 2.24) is 19.5 Å². The zero-order valence-corrected chi connectivity index (χ0v) is 20.8. The largest absolute Gasteiger partial charge is 0.394 e. The number of anilines is 2. The summed E-state index contributed by atoms with van der Waals surface area (Å²) in [6, 6.07) is 20.1. The van der Waals surface area contributed by atoms with E-state index in [0.29, 0.717) is 49.2 Å². The topological polar surface area (TPSA) is 147 Å². The van der Waals surface area contributed by atoms with E-state index in [1.807, 2.05) is 48.5 Å². The molecule has 2 aromatic carbocycles. The molecule has 0 aliphatic carbocycles. The van der Waals surface area contributed by atoms with Crippen LogP contribution in [-0.4, -0.2) is 79.5 Å². The Kier molecular flexibility index (Phi) is 8.41. The summed E-state index contributed by atoms with van der Waals surface area (Å²) in [4.78, 5) is 13.7. The molecule has 200 valence electrons. The van der Waals surface area contributed by atoms with Gasteiger partial charge in [0.25, 0.3) is 0 Å². The van der Waals surface area contributed by atoms with Crippen molar-refractivity contribution in [3.05, 3.63) is 78.1 Å². The minimum absolute atomic E-state index is 0.358. The molecule has 0 amide bonds. The van der Waals surface area contributed by atoms with Crippen molar-refractivity contribution in [2.75, 3.05) is 36.9 Å². The van der Waals surface area contributed by atoms with Crippen LogP contribution in [0, 0.1) is 0 Å². The SMILES string of the molecule is OC[C@H]1O[C@@H](n2cnc3c(NCCc4ccccc4)nc(NCCOCc4ccccc4)nc32)[C@H](O)[C@@H]1O. The van der Waals surface area contributed by atoms with Gasteiger partial charge in [-0.1, -0.05) is 60.7 Å². The fourth-order valence-electron chi connectivity index (χ4n) is 4.38. The predicted octanol–water partition coefficient (Wildman–Crippen LogP) is 1.72. The second kappa shape index (κ2) is 12.3. The van der Waals surface area contributed by atoms with Crippen LogP contribution in [0.2, 0.25) is 0 Å². The normalized spacial score (nSPS) is 21.1. The van der Waals surface area contributed by atoms with Crippen LogP contribution in [0.5, 0.6) is 0 Å². The van der Waals surface area contributed by atoms with Crippen molar-refractivity contribution < 1.29 is 24.8 Å². The maximum atomic E-state index is 10.6. The number of nitrogens with one attached hydrogen (secondary N) is 2. The van der Waals surface area contributed by atoms with Gasteiger partial charge in [0.15, 0.2) is 23.2 Å². The molecule has 1 aliphatic rings. The summed E-state index contributed by atoms with van der Waals surface area (Å²) in [5.74, 6) is 0.889. The molecule has 1 aliphatic heterocycles. The molecule has 1 saturated heterocycles. The van der Waals surface area contributed by atoms with Crippen LogP contribution >= 0.6 is 0 Å². The molecule has 38 heavy (non-hydrogen) atoms. The zero-order chi connectivity index (χ0) is 26.3. The molecular weight excluding hydrogens is 488 g/mol. The summed E-state index contributed by atoms with van der Waals surface area (Å²) in [6.07, 6.45) is -2.06. The van der Waals surface area contributed by atoms with E-state index in [1.165, 1.54) is 11.9 Å². The Bertz CT molecular complexity index is 1310. The first-order valence-electron chi connectivity index (χ1n) is 12.6. The fraction of sp³-hybridized carbons (Fsp3) is 0.370. The molecule has 1 fully saturated rings. The Labute approximate surface area is 220 Å². The molecule has 11 nitrogen and oxygen atoms in total. The van der Waals surface area contributed by atoms with Gasteiger partial charge in [0.05, 0.1) is 26.1 Å². The number of hydrogen-bond acceptors (Lipinski definition) is 10. The number of ether oxygens (including phenoxy) is 2. The third-order valence-corrected chi connectivity index (χ3v) is 6.40. The average Bonchev–Trinajstić information content (AvgIpc) is 3.50. The minimum atomic E-state index is -1.25. The zero-order valence-electron chi connectivity index (χ0n) is 20.8. The van der Waals surface area contributed by atoms with Crippen LogP contribution in [0.25, 0.3) is 11.2 Å². The maximum absolute atomic E-state index is 10.6. The maximum Gasteiger partial charge on any atom is 0.226 e. The van der Waals surface area contributed by atoms with Crippen molar-refractivity contribution in [3.8, 4) is 0 Å². The van der Waals surface area contributed by atoms with Crippen LogP contribution in [0.4, 0.5) is 11.8 Å². The number of fused-ring (bicyclic) bond motifs is 1. The number of aromatic nitrogens is 4. The van der Waals surface area contributed by atoms with E-state index >= 15 is 0 Å². The smallest absolute Gasteiger partial charge is 0.226 e. The van der Waals surface area contributed by atoms with Gasteiger partial charge in [0.2, 0.25) is 5.95 Å². The molecule has 11 heteroatoms. The van der Waals surface area contributed by atoms with E-state index in [-0.39, 0.29) is 0 Å². The van der Waals surface area contributed by atoms with Gasteiger partial charge in [-0.05, 0) is 17.5 Å². The third kappa shape index (κ3) is 5.93. The molecule has 5 rings (SSSR count). The number of imidazole rings is 1. The van der Waals surface area contributed by atoms with Gasteiger partial charge >= 0.3 is 0 Å². The van der Waals surface area contributed by atoms with Gasteiger partial charge in [-0.15, -0.1) is 0 Å². The van der Waals surface area contributed by atoms with Crippen molar-refractivity contribution >= 4 is 22.9 Å². The van der Waals surface area contributed by atoms with Crippen molar-refractivity contribution in [3.63, 3.8) is 0 Å². The van der Waals surface area contributed by atoms with Gasteiger partial charge in [-0.3, -0.25) is 4.57 Å². The summed E-state index contributed by atoms with van der Waals surface area (Å²) in [6.45, 7) is 1.63. The molecule has 0 unspecified atom stereocenters. The monoisotopic (exact) mass is 520 g/mol. The number of hydrogen-bond donors (Lipinski definition) is 5. The summed E-state index contributed by atoms with van der Waals surface area (Å²) >= 11 is 0. The van der Waals surface area contributed by atoms with Crippen LogP contribution < -0.4 is 10.6 Å². The Morgan fingerprint density at radius 1 is 0.895 bits per heavy atom. The highest BCUT2D eigenvalue weighted by atomic mass is 16.6. The lowest BCUT2D eigenvalue weighted by Crippen LogP contribution is -2.33. The first kappa shape index (κ1) is 26.0. The second-order valence-electron chi connectivity index (χ2n) is 9.08. The van der Waals surface area contributed by atoms with E-state index in [2.05, 4.69) is 37.7 Å². The highest BCUT2D eigenvalue weighted by Gasteiger charge is 2.44. The number of aliphatic hydroxyl groups excluding tert-OH is 3. The van der Waals surface area contributed by atoms with Crippen LogP contribution in [0.3, 0.4) is 0 Å². The number of rotatable bonds is 12. The van der Waals surface area contributed by atoms with Gasteiger partial charge < -0.3 is 35.4 Å². The van der Waals surface area contributed by atoms with Crippen LogP contribution in [0.1, 0.15) is 17.4 Å². The van der Waals surface area contributed by atoms with E-state index in [1.54, 1.807) is 4.57 Å². The summed E-state index contributed by atoms with van der Waals surface area (Å²) in [5, 5.41) is 36.9. The minimum Gasteiger partial charge on any atom is -0.394 e. The predicted molar refractivity (Wildman–Crippen MR) is 142 cm³/mol. The number of benzene rings is 2. The molecule has 0 bridgehead atoms. The summed E-state index contributed by atoms with van der Waals surface area (Å²) in [7, 11) is 0. The second-order valence-corrected chi connectivity index (χ2v) is 9.08. The van der Waals surface area contributed by atoms with Crippen molar-refractivity contribution in [1.29, 1.82) is 0 Å². The molecule has 4 aromatic rings. The quantitative estimate of drug-likeness (QED) is 0.175. The summed E-state index contributed by atoms with van der Waals surface area (Å²) < 4.78 is 13.0. The lowest BCUT2D eigenvalue weighted by atomic mass is 10.1. The van der Waals surface area contributed by atoms with Gasteiger partial charge in [0, 0.05) is 13.1 Å². The Morgan fingerprint density at radius 2 is 1.63 bits per heavy atom. The van der Waals surface area contributed by atoms with Gasteiger partial charge in [-0.2, -0.15) is 9.97 Å². The van der Waals surface area contributed by atoms with Crippen LogP contribution in [0.15, 0.2) is 67.0 Å². The highest BCUT2D eigenvalue weighted by Crippen LogP contribution is 2.32. The van der Waals surface area contributed by atoms with Gasteiger partial charge in [-0.25, -0.2) is 4.98 Å². The lowest BCUT2D eigenvalue weighted by Gasteiger charge is -2.17. The molecular formula is C27H32N6O5. The molecule has 0 radical (unpaired) electrons. The molecule has 0 saturated carbocycles. The molecule has 3 heterocycles. The third-order valence-electron chi connectivity index (χ3n) is 6.40. The molecule has 5 N–H and O–H groups in total. The fourth-order valence-corrected chi connectivity index (χ4v) is 4.38. The van der Waals surface area contributed by atoms with E-state index < -0.39 is 31.1 Å². The molecule has 0 spiro atoms. The van der Waals surface area contributed by atoms with E-state index in [9.17, 15) is 15.3 Å². The van der Waals surface area contributed by atoms with Gasteiger partial charge in [0.1, 0.15) is 18.3 Å². The number of aliphatic hydroxyl groups is 3. The first-order chi connectivity index (χ1) is 18.6. The molecule has 2 aromatic heterocycles. The average molecular weight is 521 g/mol. The Balaban J connectivity index is 1.32. The Morgan fingerprint density at radius 3 is 2.34 bits per heavy atom. The van der Waals surface area contributed by atoms with E-state index in [0.717, 1.165) is 12.0 Å². The highest BCUT2D eigenvalue weighted by molar-refractivity contribution is 5.84.